The van der Waals surface area contributed by atoms with Gasteiger partial charge in [0.2, 0.25) is 0 Å². The molecule has 0 fully saturated rings. The van der Waals surface area contributed by atoms with Crippen LogP contribution in [0.2, 0.25) is 10.0 Å². The summed E-state index contributed by atoms with van der Waals surface area (Å²) in [5.74, 6) is 0.853. The second kappa shape index (κ2) is 4.91. The van der Waals surface area contributed by atoms with E-state index in [1.54, 1.807) is 18.4 Å². The first kappa shape index (κ1) is 11.5. The van der Waals surface area contributed by atoms with Crippen LogP contribution in [0.15, 0.2) is 34.9 Å². The van der Waals surface area contributed by atoms with Crippen LogP contribution in [0, 0.1) is 0 Å². The molecule has 0 radical (unpaired) electrons. The fourth-order valence-electron chi connectivity index (χ4n) is 1.58. The van der Waals surface area contributed by atoms with E-state index in [2.05, 4.69) is 5.32 Å². The van der Waals surface area contributed by atoms with Crippen LogP contribution in [0.4, 0.5) is 0 Å². The Morgan fingerprint density at radius 2 is 2.00 bits per heavy atom. The topological polar surface area (TPSA) is 25.2 Å². The number of halogens is 2. The van der Waals surface area contributed by atoms with Crippen molar-refractivity contribution in [3.63, 3.8) is 0 Å². The molecule has 0 bridgehead atoms. The van der Waals surface area contributed by atoms with Gasteiger partial charge >= 0.3 is 0 Å². The quantitative estimate of drug-likeness (QED) is 0.898. The smallest absolute Gasteiger partial charge is 0.125 e. The minimum absolute atomic E-state index is 0.658. The van der Waals surface area contributed by atoms with Gasteiger partial charge in [-0.05, 0) is 31.3 Å². The SMILES string of the molecule is CNCc1occc1-c1cc(Cl)ccc1Cl. The van der Waals surface area contributed by atoms with Crippen LogP contribution in [-0.4, -0.2) is 7.05 Å². The summed E-state index contributed by atoms with van der Waals surface area (Å²) in [7, 11) is 1.87. The van der Waals surface area contributed by atoms with E-state index in [4.69, 9.17) is 27.6 Å². The molecule has 1 aromatic heterocycles. The van der Waals surface area contributed by atoms with Crippen molar-refractivity contribution in [1.29, 1.82) is 0 Å². The highest BCUT2D eigenvalue weighted by Crippen LogP contribution is 2.33. The summed E-state index contributed by atoms with van der Waals surface area (Å²) in [6.07, 6.45) is 1.65. The Morgan fingerprint density at radius 1 is 1.19 bits per heavy atom. The average molecular weight is 256 g/mol. The number of nitrogens with one attached hydrogen (secondary N) is 1. The maximum absolute atomic E-state index is 6.14. The number of furan rings is 1. The zero-order chi connectivity index (χ0) is 11.5. The van der Waals surface area contributed by atoms with Crippen molar-refractivity contribution in [3.8, 4) is 11.1 Å². The van der Waals surface area contributed by atoms with Gasteiger partial charge in [-0.3, -0.25) is 0 Å². The normalized spacial score (nSPS) is 10.7. The van der Waals surface area contributed by atoms with Crippen molar-refractivity contribution in [3.05, 3.63) is 46.3 Å². The van der Waals surface area contributed by atoms with Gasteiger partial charge in [0.25, 0.3) is 0 Å². The highest BCUT2D eigenvalue weighted by molar-refractivity contribution is 6.35. The molecule has 1 heterocycles. The van der Waals surface area contributed by atoms with Crippen LogP contribution in [0.5, 0.6) is 0 Å². The minimum atomic E-state index is 0.658. The van der Waals surface area contributed by atoms with E-state index in [-0.39, 0.29) is 0 Å². The lowest BCUT2D eigenvalue weighted by Crippen LogP contribution is -2.04. The summed E-state index contributed by atoms with van der Waals surface area (Å²) < 4.78 is 5.39. The second-order valence-corrected chi connectivity index (χ2v) is 4.26. The van der Waals surface area contributed by atoms with Crippen LogP contribution in [0.25, 0.3) is 11.1 Å². The summed E-state index contributed by atoms with van der Waals surface area (Å²) in [6, 6.07) is 7.29. The summed E-state index contributed by atoms with van der Waals surface area (Å²) in [4.78, 5) is 0. The molecule has 2 aromatic rings. The highest BCUT2D eigenvalue weighted by atomic mass is 35.5. The zero-order valence-electron chi connectivity index (χ0n) is 8.76. The monoisotopic (exact) mass is 255 g/mol. The highest BCUT2D eigenvalue weighted by Gasteiger charge is 2.11. The molecule has 0 spiro atoms. The molecule has 84 valence electrons. The summed E-state index contributed by atoms with van der Waals surface area (Å²) in [5, 5.41) is 4.38. The number of rotatable bonds is 3. The van der Waals surface area contributed by atoms with Gasteiger partial charge in [0.1, 0.15) is 5.76 Å². The molecule has 0 amide bonds. The van der Waals surface area contributed by atoms with Gasteiger partial charge < -0.3 is 9.73 Å². The summed E-state index contributed by atoms with van der Waals surface area (Å²) >= 11 is 12.1. The van der Waals surface area contributed by atoms with Crippen LogP contribution in [0.1, 0.15) is 5.76 Å². The van der Waals surface area contributed by atoms with E-state index in [0.29, 0.717) is 16.6 Å². The predicted molar refractivity (Wildman–Crippen MR) is 66.9 cm³/mol. The Bertz CT molecular complexity index is 494. The van der Waals surface area contributed by atoms with Crippen molar-refractivity contribution in [2.75, 3.05) is 7.05 Å². The summed E-state index contributed by atoms with van der Waals surface area (Å²) in [6.45, 7) is 0.658. The van der Waals surface area contributed by atoms with Crippen molar-refractivity contribution >= 4 is 23.2 Å². The Labute approximate surface area is 104 Å². The first-order chi connectivity index (χ1) is 7.72. The van der Waals surface area contributed by atoms with Gasteiger partial charge in [0.15, 0.2) is 0 Å². The molecule has 1 N–H and O–H groups in total. The first-order valence-electron chi connectivity index (χ1n) is 4.88. The molecule has 1 aromatic carbocycles. The van der Waals surface area contributed by atoms with Crippen LogP contribution >= 0.6 is 23.2 Å². The minimum Gasteiger partial charge on any atom is -0.467 e. The molecule has 0 aliphatic carbocycles. The van der Waals surface area contributed by atoms with E-state index < -0.39 is 0 Å². The fourth-order valence-corrected chi connectivity index (χ4v) is 1.97. The van der Waals surface area contributed by atoms with Crippen molar-refractivity contribution in [2.24, 2.45) is 0 Å². The third-order valence-corrected chi connectivity index (χ3v) is 2.87. The molecule has 0 saturated carbocycles. The molecule has 4 heteroatoms. The molecule has 2 nitrogen and oxygen atoms in total. The van der Waals surface area contributed by atoms with Gasteiger partial charge in [0.05, 0.1) is 12.8 Å². The van der Waals surface area contributed by atoms with E-state index >= 15 is 0 Å². The maximum Gasteiger partial charge on any atom is 0.125 e. The third kappa shape index (κ3) is 2.24. The lowest BCUT2D eigenvalue weighted by atomic mass is 10.1. The van der Waals surface area contributed by atoms with Gasteiger partial charge in [-0.25, -0.2) is 0 Å². The molecule has 0 unspecified atom stereocenters. The van der Waals surface area contributed by atoms with Crippen LogP contribution in [0.3, 0.4) is 0 Å². The number of hydrogen-bond donors (Lipinski definition) is 1. The molecule has 2 rings (SSSR count). The lowest BCUT2D eigenvalue weighted by molar-refractivity contribution is 0.497. The van der Waals surface area contributed by atoms with Crippen LogP contribution < -0.4 is 5.32 Å². The Morgan fingerprint density at radius 3 is 2.75 bits per heavy atom. The first-order valence-corrected chi connectivity index (χ1v) is 5.64. The van der Waals surface area contributed by atoms with E-state index in [1.165, 1.54) is 0 Å². The molecular weight excluding hydrogens is 245 g/mol. The molecule has 0 atom stereocenters. The summed E-state index contributed by atoms with van der Waals surface area (Å²) in [5.41, 5.74) is 1.87. The van der Waals surface area contributed by atoms with Gasteiger partial charge in [-0.15, -0.1) is 0 Å². The van der Waals surface area contributed by atoms with Crippen molar-refractivity contribution < 1.29 is 4.42 Å². The fraction of sp³-hybridized carbons (Fsp3) is 0.167. The average Bonchev–Trinajstić information content (AvgIpc) is 2.70. The van der Waals surface area contributed by atoms with E-state index in [9.17, 15) is 0 Å². The number of hydrogen-bond acceptors (Lipinski definition) is 2. The predicted octanol–water partition coefficient (Wildman–Crippen LogP) is 3.97. The molecule has 0 aliphatic rings. The standard InChI is InChI=1S/C12H11Cl2NO/c1-15-7-12-9(4-5-16-12)10-6-8(13)2-3-11(10)14/h2-6,15H,7H2,1H3. The maximum atomic E-state index is 6.14. The van der Waals surface area contributed by atoms with Gasteiger partial charge in [-0.2, -0.15) is 0 Å². The Kier molecular flexibility index (Phi) is 3.54. The van der Waals surface area contributed by atoms with E-state index in [0.717, 1.165) is 16.9 Å². The number of benzene rings is 1. The lowest BCUT2D eigenvalue weighted by Gasteiger charge is -2.05. The molecule has 16 heavy (non-hydrogen) atoms. The van der Waals surface area contributed by atoms with E-state index in [1.807, 2.05) is 19.2 Å². The van der Waals surface area contributed by atoms with Crippen molar-refractivity contribution in [2.45, 2.75) is 6.54 Å². The molecule has 0 aliphatic heterocycles. The van der Waals surface area contributed by atoms with Gasteiger partial charge in [0, 0.05) is 21.2 Å². The molecule has 0 saturated heterocycles. The Balaban J connectivity index is 2.49. The van der Waals surface area contributed by atoms with Crippen molar-refractivity contribution in [1.82, 2.24) is 5.32 Å². The Hall–Kier alpha value is -0.960. The van der Waals surface area contributed by atoms with Gasteiger partial charge in [-0.1, -0.05) is 23.2 Å². The largest absolute Gasteiger partial charge is 0.467 e. The third-order valence-electron chi connectivity index (χ3n) is 2.30. The zero-order valence-corrected chi connectivity index (χ0v) is 10.3. The molecular formula is C12H11Cl2NO. The van der Waals surface area contributed by atoms with Crippen LogP contribution in [-0.2, 0) is 6.54 Å². The second-order valence-electron chi connectivity index (χ2n) is 3.41.